The van der Waals surface area contributed by atoms with Gasteiger partial charge in [-0.25, -0.2) is 4.79 Å². The summed E-state index contributed by atoms with van der Waals surface area (Å²) in [6.45, 7) is 6.15. The normalized spacial score (nSPS) is 30.1. The summed E-state index contributed by atoms with van der Waals surface area (Å²) in [5.41, 5.74) is 2.55. The summed E-state index contributed by atoms with van der Waals surface area (Å²) in [5.74, 6) is 1.18. The molecule has 4 aliphatic rings. The lowest BCUT2D eigenvalue weighted by atomic mass is 9.49. The van der Waals surface area contributed by atoms with Crippen molar-refractivity contribution in [3.63, 3.8) is 0 Å². The van der Waals surface area contributed by atoms with Gasteiger partial charge in [-0.05, 0) is 48.6 Å². The number of ether oxygens (including phenoxy) is 1. The number of nitrogens with one attached hydrogen (secondary N) is 2. The van der Waals surface area contributed by atoms with Crippen molar-refractivity contribution in [1.29, 1.82) is 0 Å². The fourth-order valence-electron chi connectivity index (χ4n) is 5.33. The van der Waals surface area contributed by atoms with Crippen LogP contribution in [0.4, 0.5) is 10.5 Å². The van der Waals surface area contributed by atoms with E-state index >= 15 is 0 Å². The molecule has 2 fully saturated rings. The molecule has 29 heavy (non-hydrogen) atoms. The van der Waals surface area contributed by atoms with Crippen LogP contribution in [0.2, 0.25) is 0 Å². The van der Waals surface area contributed by atoms with Gasteiger partial charge in [0.05, 0.1) is 7.11 Å². The highest BCUT2D eigenvalue weighted by Crippen LogP contribution is 2.59. The third-order valence-electron chi connectivity index (χ3n) is 7.21. The number of benzene rings is 1. The van der Waals surface area contributed by atoms with Gasteiger partial charge < -0.3 is 15.4 Å². The summed E-state index contributed by atoms with van der Waals surface area (Å²) < 4.78 is 5.05. The fraction of sp³-hybridized carbons (Fsp3) is 0.565. The molecule has 156 valence electrons. The maximum Gasteiger partial charge on any atom is 0.323 e. The summed E-state index contributed by atoms with van der Waals surface area (Å²) in [6, 6.07) is 8.71. The summed E-state index contributed by atoms with van der Waals surface area (Å²) >= 11 is 0. The molecule has 1 aromatic carbocycles. The minimum atomic E-state index is -0.316. The topological polar surface area (TPSA) is 70.7 Å². The Balaban J connectivity index is 1.40. The second kappa shape index (κ2) is 7.82. The van der Waals surface area contributed by atoms with E-state index in [-0.39, 0.29) is 24.1 Å². The number of likely N-dealkylation sites (tertiary alicyclic amines) is 1. The van der Waals surface area contributed by atoms with E-state index < -0.39 is 0 Å². The van der Waals surface area contributed by atoms with Crippen LogP contribution >= 0.6 is 0 Å². The van der Waals surface area contributed by atoms with E-state index in [4.69, 9.17) is 4.74 Å². The standard InChI is InChI=1S/C23H31N3O3/c1-23(2)16-10-9-15(19(23)11-16)13-26-14-18(12-20(26)21(27)29-3)25-22(28)24-17-7-5-4-6-8-17/h4-9,16,18-20H,10-14H2,1-3H3,(H2,24,25,28)/t16-,18+,19-,20-/m0/s1. The molecule has 3 aliphatic carbocycles. The number of hydrogen-bond donors (Lipinski definition) is 2. The molecule has 5 rings (SSSR count). The van der Waals surface area contributed by atoms with Crippen molar-refractivity contribution in [2.75, 3.05) is 25.5 Å². The predicted molar refractivity (Wildman–Crippen MR) is 112 cm³/mol. The molecule has 6 heteroatoms. The van der Waals surface area contributed by atoms with Gasteiger partial charge in [0.2, 0.25) is 0 Å². The summed E-state index contributed by atoms with van der Waals surface area (Å²) in [6.07, 6.45) is 5.34. The van der Waals surface area contributed by atoms with E-state index in [1.165, 1.54) is 19.1 Å². The molecule has 2 N–H and O–H groups in total. The maximum absolute atomic E-state index is 12.4. The zero-order valence-electron chi connectivity index (χ0n) is 17.5. The van der Waals surface area contributed by atoms with E-state index in [0.29, 0.717) is 24.3 Å². The zero-order chi connectivity index (χ0) is 20.6. The summed E-state index contributed by atoms with van der Waals surface area (Å²) in [7, 11) is 1.43. The van der Waals surface area contributed by atoms with Crippen molar-refractivity contribution < 1.29 is 14.3 Å². The Labute approximate surface area is 172 Å². The van der Waals surface area contributed by atoms with Crippen molar-refractivity contribution in [3.05, 3.63) is 42.0 Å². The van der Waals surface area contributed by atoms with E-state index in [1.54, 1.807) is 0 Å². The zero-order valence-corrected chi connectivity index (χ0v) is 17.5. The Bertz CT molecular complexity index is 805. The maximum atomic E-state index is 12.4. The second-order valence-electron chi connectivity index (χ2n) is 9.19. The number of anilines is 1. The molecular weight excluding hydrogens is 366 g/mol. The van der Waals surface area contributed by atoms with Gasteiger partial charge in [-0.1, -0.05) is 43.7 Å². The van der Waals surface area contributed by atoms with E-state index in [9.17, 15) is 9.59 Å². The van der Waals surface area contributed by atoms with Gasteiger partial charge >= 0.3 is 12.0 Å². The Hall–Kier alpha value is -2.34. The highest BCUT2D eigenvalue weighted by atomic mass is 16.5. The van der Waals surface area contributed by atoms with Gasteiger partial charge in [-0.2, -0.15) is 0 Å². The molecule has 1 saturated heterocycles. The third kappa shape index (κ3) is 3.90. The minimum absolute atomic E-state index is 0.0887. The number of fused-ring (bicyclic) bond motifs is 1. The van der Waals surface area contributed by atoms with Crippen LogP contribution in [0.25, 0.3) is 0 Å². The van der Waals surface area contributed by atoms with Crippen LogP contribution in [0.3, 0.4) is 0 Å². The molecule has 2 bridgehead atoms. The molecule has 1 saturated carbocycles. The average molecular weight is 398 g/mol. The smallest absolute Gasteiger partial charge is 0.323 e. The molecule has 6 nitrogen and oxygen atoms in total. The number of nitrogens with zero attached hydrogens (tertiary/aromatic N) is 1. The molecule has 4 atom stereocenters. The van der Waals surface area contributed by atoms with Crippen LogP contribution in [0.15, 0.2) is 42.0 Å². The first-order valence-electron chi connectivity index (χ1n) is 10.5. The largest absolute Gasteiger partial charge is 0.468 e. The molecule has 0 unspecified atom stereocenters. The van der Waals surface area contributed by atoms with Gasteiger partial charge in [0, 0.05) is 24.8 Å². The number of esters is 1. The van der Waals surface area contributed by atoms with Crippen LogP contribution in [-0.4, -0.2) is 49.2 Å². The molecule has 1 aliphatic heterocycles. The highest BCUT2D eigenvalue weighted by Gasteiger charge is 2.52. The van der Waals surface area contributed by atoms with Crippen LogP contribution < -0.4 is 10.6 Å². The van der Waals surface area contributed by atoms with Gasteiger partial charge in [-0.3, -0.25) is 9.69 Å². The first-order valence-corrected chi connectivity index (χ1v) is 10.5. The molecule has 0 spiro atoms. The van der Waals surface area contributed by atoms with Gasteiger partial charge in [0.1, 0.15) is 6.04 Å². The van der Waals surface area contributed by atoms with E-state index in [0.717, 1.165) is 24.6 Å². The van der Waals surface area contributed by atoms with Gasteiger partial charge in [0.25, 0.3) is 0 Å². The first kappa shape index (κ1) is 20.0. The fourth-order valence-corrected chi connectivity index (χ4v) is 5.33. The molecular formula is C23H31N3O3. The van der Waals surface area contributed by atoms with Crippen LogP contribution in [0, 0.1) is 17.3 Å². The number of urea groups is 1. The first-order chi connectivity index (χ1) is 13.9. The van der Waals surface area contributed by atoms with Crippen LogP contribution in [0.5, 0.6) is 0 Å². The van der Waals surface area contributed by atoms with Crippen molar-refractivity contribution in [3.8, 4) is 0 Å². The predicted octanol–water partition coefficient (Wildman–Crippen LogP) is 3.42. The number of rotatable bonds is 5. The molecule has 2 amide bonds. The number of carbonyl (C=O) groups excluding carboxylic acids is 2. The Morgan fingerprint density at radius 3 is 2.62 bits per heavy atom. The highest BCUT2D eigenvalue weighted by molar-refractivity contribution is 5.89. The lowest BCUT2D eigenvalue weighted by Gasteiger charge is -2.57. The number of hydrogen-bond acceptors (Lipinski definition) is 4. The average Bonchev–Trinajstić information content (AvgIpc) is 3.09. The number of methoxy groups -OCH3 is 1. The van der Waals surface area contributed by atoms with Crippen LogP contribution in [0.1, 0.15) is 33.1 Å². The number of allylic oxidation sites excluding steroid dienone is 1. The molecule has 0 aromatic heterocycles. The quantitative estimate of drug-likeness (QED) is 0.590. The lowest BCUT2D eigenvalue weighted by molar-refractivity contribution is -0.145. The van der Waals surface area contributed by atoms with E-state index in [1.807, 2.05) is 30.3 Å². The van der Waals surface area contributed by atoms with E-state index in [2.05, 4.69) is 35.5 Å². The Kier molecular flexibility index (Phi) is 5.38. The van der Waals surface area contributed by atoms with Crippen LogP contribution in [-0.2, 0) is 9.53 Å². The molecule has 0 radical (unpaired) electrons. The number of carbonyl (C=O) groups is 2. The Morgan fingerprint density at radius 2 is 1.97 bits per heavy atom. The summed E-state index contributed by atoms with van der Waals surface area (Å²) in [5, 5.41) is 5.87. The monoisotopic (exact) mass is 397 g/mol. The van der Waals surface area contributed by atoms with Crippen molar-refractivity contribution >= 4 is 17.7 Å². The number of amides is 2. The van der Waals surface area contributed by atoms with Gasteiger partial charge in [0.15, 0.2) is 0 Å². The van der Waals surface area contributed by atoms with Gasteiger partial charge in [-0.15, -0.1) is 0 Å². The molecule has 1 heterocycles. The third-order valence-corrected chi connectivity index (χ3v) is 7.21. The van der Waals surface area contributed by atoms with Crippen molar-refractivity contribution in [2.24, 2.45) is 17.3 Å². The van der Waals surface area contributed by atoms with Crippen molar-refractivity contribution in [1.82, 2.24) is 10.2 Å². The Morgan fingerprint density at radius 1 is 1.21 bits per heavy atom. The van der Waals surface area contributed by atoms with Crippen molar-refractivity contribution in [2.45, 2.75) is 45.2 Å². The summed E-state index contributed by atoms with van der Waals surface area (Å²) in [4.78, 5) is 27.0. The SMILES string of the molecule is COC(=O)[C@@H]1C[C@@H](NC(=O)Nc2ccccc2)CN1CC1=CC[C@H]2C[C@@H]1C2(C)C. The lowest BCUT2D eigenvalue weighted by Crippen LogP contribution is -2.50. The number of para-hydroxylation sites is 1. The minimum Gasteiger partial charge on any atom is -0.468 e. The second-order valence-corrected chi connectivity index (χ2v) is 9.19. The molecule has 1 aromatic rings.